The predicted octanol–water partition coefficient (Wildman–Crippen LogP) is 7.04. The van der Waals surface area contributed by atoms with E-state index in [0.717, 1.165) is 31.2 Å². The van der Waals surface area contributed by atoms with Gasteiger partial charge in [-0.2, -0.15) is 0 Å². The van der Waals surface area contributed by atoms with Crippen molar-refractivity contribution >= 4 is 17.7 Å². The van der Waals surface area contributed by atoms with Crippen LogP contribution in [0.25, 0.3) is 0 Å². The summed E-state index contributed by atoms with van der Waals surface area (Å²) in [7, 11) is 1.33. The molecule has 1 aliphatic heterocycles. The lowest BCUT2D eigenvalue weighted by Crippen LogP contribution is -2.59. The third-order valence-electron chi connectivity index (χ3n) is 7.92. The minimum absolute atomic E-state index is 0.122. The molecule has 1 saturated carbocycles. The summed E-state index contributed by atoms with van der Waals surface area (Å²) in [5, 5.41) is 0. The quantitative estimate of drug-likeness (QED) is 0.388. The molecule has 0 bridgehead atoms. The molecule has 1 aliphatic carbocycles. The van der Waals surface area contributed by atoms with E-state index in [1.54, 1.807) is 17.0 Å². The summed E-state index contributed by atoms with van der Waals surface area (Å²) in [5.41, 5.74) is 1.93. The van der Waals surface area contributed by atoms with Crippen molar-refractivity contribution < 1.29 is 32.2 Å². The lowest BCUT2D eigenvalue weighted by atomic mass is 9.63. The Hall–Kier alpha value is -3.23. The number of ether oxygens (including phenoxy) is 2. The molecule has 1 heterocycles. The molecular formula is C29H35F3N2O4. The van der Waals surface area contributed by atoms with E-state index in [1.807, 2.05) is 17.0 Å². The number of carbonyl (C=O) groups excluding carboxylic acids is 2. The van der Waals surface area contributed by atoms with E-state index in [2.05, 4.69) is 25.5 Å². The Morgan fingerprint density at radius 2 is 1.58 bits per heavy atom. The SMILES string of the molecule is COC(=O)c1ccc(CN2CC3(CCC(C(C)(C)C)CC3)CN(c3ccc(OC(F)(F)F)cc3)C2=O)cc1. The third-order valence-corrected chi connectivity index (χ3v) is 7.92. The molecule has 206 valence electrons. The molecule has 2 aliphatic rings. The van der Waals surface area contributed by atoms with E-state index in [1.165, 1.54) is 31.4 Å². The standard InChI is InChI=1S/C29H35F3N2O4/c1-27(2,3)22-13-15-28(16-14-22)18-33(17-20-5-7-21(8-6-20)25(35)37-4)26(36)34(19-28)23-9-11-24(12-10-23)38-29(30,31)32/h5-12,22H,13-19H2,1-4H3. The van der Waals surface area contributed by atoms with Gasteiger partial charge in [0.1, 0.15) is 5.75 Å². The van der Waals surface area contributed by atoms with Crippen LogP contribution in [-0.2, 0) is 11.3 Å². The number of esters is 1. The Labute approximate surface area is 221 Å². The number of rotatable bonds is 5. The van der Waals surface area contributed by atoms with Gasteiger partial charge in [-0.15, -0.1) is 13.2 Å². The average Bonchev–Trinajstić information content (AvgIpc) is 2.85. The molecule has 1 saturated heterocycles. The normalized spacial score (nSPS) is 22.5. The van der Waals surface area contributed by atoms with Crippen molar-refractivity contribution in [2.24, 2.45) is 16.7 Å². The number of hydrogen-bond donors (Lipinski definition) is 0. The molecule has 0 aromatic heterocycles. The van der Waals surface area contributed by atoms with Crippen LogP contribution in [0.1, 0.15) is 62.4 Å². The maximum atomic E-state index is 13.7. The van der Waals surface area contributed by atoms with Crippen LogP contribution < -0.4 is 9.64 Å². The highest BCUT2D eigenvalue weighted by atomic mass is 19.4. The summed E-state index contributed by atoms with van der Waals surface area (Å²) < 4.78 is 46.7. The molecule has 1 spiro atoms. The van der Waals surface area contributed by atoms with Gasteiger partial charge in [0.25, 0.3) is 0 Å². The number of urea groups is 1. The number of hydrogen-bond acceptors (Lipinski definition) is 4. The molecule has 0 unspecified atom stereocenters. The Morgan fingerprint density at radius 1 is 0.974 bits per heavy atom. The van der Waals surface area contributed by atoms with E-state index in [4.69, 9.17) is 4.74 Å². The summed E-state index contributed by atoms with van der Waals surface area (Å²) in [6.45, 7) is 8.27. The Kier molecular flexibility index (Phi) is 7.68. The highest BCUT2D eigenvalue weighted by Gasteiger charge is 2.46. The van der Waals surface area contributed by atoms with E-state index >= 15 is 0 Å². The first kappa shape index (κ1) is 27.8. The van der Waals surface area contributed by atoms with Crippen LogP contribution in [-0.4, -0.2) is 43.5 Å². The summed E-state index contributed by atoms with van der Waals surface area (Å²) in [4.78, 5) is 29.0. The van der Waals surface area contributed by atoms with Gasteiger partial charge in [-0.1, -0.05) is 32.9 Å². The minimum atomic E-state index is -4.78. The van der Waals surface area contributed by atoms with Gasteiger partial charge in [0, 0.05) is 30.7 Å². The van der Waals surface area contributed by atoms with Crippen LogP contribution in [0.5, 0.6) is 5.75 Å². The van der Waals surface area contributed by atoms with Crippen molar-refractivity contribution in [3.05, 3.63) is 59.7 Å². The number of halogens is 3. The van der Waals surface area contributed by atoms with E-state index < -0.39 is 12.3 Å². The van der Waals surface area contributed by atoms with Gasteiger partial charge in [-0.05, 0) is 79.0 Å². The zero-order valence-electron chi connectivity index (χ0n) is 22.3. The monoisotopic (exact) mass is 532 g/mol. The molecule has 4 rings (SSSR count). The van der Waals surface area contributed by atoms with Gasteiger partial charge in [0.2, 0.25) is 0 Å². The maximum Gasteiger partial charge on any atom is 0.573 e. The van der Waals surface area contributed by atoms with Crippen molar-refractivity contribution in [3.63, 3.8) is 0 Å². The van der Waals surface area contributed by atoms with Crippen molar-refractivity contribution in [2.45, 2.75) is 59.4 Å². The fraction of sp³-hybridized carbons (Fsp3) is 0.517. The second-order valence-electron chi connectivity index (χ2n) is 11.6. The topological polar surface area (TPSA) is 59.1 Å². The minimum Gasteiger partial charge on any atom is -0.465 e. The van der Waals surface area contributed by atoms with Crippen LogP contribution in [0.15, 0.2) is 48.5 Å². The number of carbonyl (C=O) groups is 2. The molecule has 2 aromatic carbocycles. The van der Waals surface area contributed by atoms with Gasteiger partial charge in [-0.3, -0.25) is 4.90 Å². The number of benzene rings is 2. The number of amides is 2. The van der Waals surface area contributed by atoms with Crippen LogP contribution in [0.3, 0.4) is 0 Å². The third kappa shape index (κ3) is 6.42. The lowest BCUT2D eigenvalue weighted by Gasteiger charge is -2.52. The number of alkyl halides is 3. The molecule has 2 aromatic rings. The van der Waals surface area contributed by atoms with Gasteiger partial charge in [0.15, 0.2) is 0 Å². The first-order chi connectivity index (χ1) is 17.8. The lowest BCUT2D eigenvalue weighted by molar-refractivity contribution is -0.274. The smallest absolute Gasteiger partial charge is 0.465 e. The van der Waals surface area contributed by atoms with E-state index in [0.29, 0.717) is 36.8 Å². The first-order valence-corrected chi connectivity index (χ1v) is 12.9. The largest absolute Gasteiger partial charge is 0.573 e. The second-order valence-corrected chi connectivity index (χ2v) is 11.6. The first-order valence-electron chi connectivity index (χ1n) is 12.9. The highest BCUT2D eigenvalue weighted by molar-refractivity contribution is 5.93. The highest BCUT2D eigenvalue weighted by Crippen LogP contribution is 2.48. The summed E-state index contributed by atoms with van der Waals surface area (Å²) >= 11 is 0. The van der Waals surface area contributed by atoms with Crippen molar-refractivity contribution in [2.75, 3.05) is 25.1 Å². The van der Waals surface area contributed by atoms with Crippen LogP contribution in [0, 0.1) is 16.7 Å². The second kappa shape index (κ2) is 10.5. The zero-order chi connectivity index (χ0) is 27.7. The number of anilines is 1. The Morgan fingerprint density at radius 3 is 2.11 bits per heavy atom. The molecule has 6 nitrogen and oxygen atoms in total. The fourth-order valence-electron chi connectivity index (χ4n) is 5.75. The van der Waals surface area contributed by atoms with Crippen molar-refractivity contribution in [1.29, 1.82) is 0 Å². The molecule has 0 N–H and O–H groups in total. The number of methoxy groups -OCH3 is 1. The van der Waals surface area contributed by atoms with Crippen LogP contribution in [0.2, 0.25) is 0 Å². The fourth-order valence-corrected chi connectivity index (χ4v) is 5.75. The van der Waals surface area contributed by atoms with Crippen LogP contribution >= 0.6 is 0 Å². The van der Waals surface area contributed by atoms with Crippen molar-refractivity contribution in [3.8, 4) is 5.75 Å². The van der Waals surface area contributed by atoms with Gasteiger partial charge >= 0.3 is 18.4 Å². The Bertz CT molecular complexity index is 1130. The van der Waals surface area contributed by atoms with Crippen molar-refractivity contribution in [1.82, 2.24) is 4.90 Å². The molecular weight excluding hydrogens is 497 g/mol. The molecule has 0 radical (unpaired) electrons. The van der Waals surface area contributed by atoms with E-state index in [-0.39, 0.29) is 22.6 Å². The molecule has 2 fully saturated rings. The van der Waals surface area contributed by atoms with Gasteiger partial charge in [0.05, 0.1) is 12.7 Å². The zero-order valence-corrected chi connectivity index (χ0v) is 22.3. The molecule has 38 heavy (non-hydrogen) atoms. The molecule has 0 atom stereocenters. The number of nitrogens with zero attached hydrogens (tertiary/aromatic N) is 2. The average molecular weight is 533 g/mol. The molecule has 2 amide bonds. The van der Waals surface area contributed by atoms with Crippen LogP contribution in [0.4, 0.5) is 23.7 Å². The summed E-state index contributed by atoms with van der Waals surface area (Å²) in [5.74, 6) is -0.157. The molecule has 9 heteroatoms. The van der Waals surface area contributed by atoms with Gasteiger partial charge in [-0.25, -0.2) is 9.59 Å². The maximum absolute atomic E-state index is 13.7. The Balaban J connectivity index is 1.59. The summed E-state index contributed by atoms with van der Waals surface area (Å²) in [6, 6.07) is 12.3. The summed E-state index contributed by atoms with van der Waals surface area (Å²) in [6.07, 6.45) is -0.729. The van der Waals surface area contributed by atoms with Gasteiger partial charge < -0.3 is 14.4 Å². The predicted molar refractivity (Wildman–Crippen MR) is 138 cm³/mol. The van der Waals surface area contributed by atoms with E-state index in [9.17, 15) is 22.8 Å².